The van der Waals surface area contributed by atoms with Crippen molar-refractivity contribution in [3.63, 3.8) is 0 Å². The molecule has 0 amide bonds. The minimum atomic E-state index is 0.174. The first kappa shape index (κ1) is 11.7. The van der Waals surface area contributed by atoms with E-state index in [2.05, 4.69) is 15.9 Å². The summed E-state index contributed by atoms with van der Waals surface area (Å²) in [5, 5.41) is 1.58. The largest absolute Gasteiger partial charge is 0.294 e. The Morgan fingerprint density at radius 3 is 2.79 bits per heavy atom. The van der Waals surface area contributed by atoms with Crippen molar-refractivity contribution >= 4 is 33.3 Å². The first-order valence-electron chi connectivity index (χ1n) is 4.59. The average molecular weight is 276 g/mol. The molecule has 0 spiro atoms. The SMILES string of the molecule is O=C(CCCCBr)c1cccc(Cl)c1. The second-order valence-corrected chi connectivity index (χ2v) is 4.31. The summed E-state index contributed by atoms with van der Waals surface area (Å²) >= 11 is 9.13. The number of halogens is 2. The van der Waals surface area contributed by atoms with E-state index in [4.69, 9.17) is 11.6 Å². The molecule has 0 N–H and O–H groups in total. The predicted molar refractivity (Wildman–Crippen MR) is 63.4 cm³/mol. The van der Waals surface area contributed by atoms with Crippen LogP contribution < -0.4 is 0 Å². The van der Waals surface area contributed by atoms with Gasteiger partial charge in [0.2, 0.25) is 0 Å². The van der Waals surface area contributed by atoms with Gasteiger partial charge < -0.3 is 0 Å². The summed E-state index contributed by atoms with van der Waals surface area (Å²) in [7, 11) is 0. The summed E-state index contributed by atoms with van der Waals surface area (Å²) in [6, 6.07) is 7.11. The van der Waals surface area contributed by atoms with Crippen molar-refractivity contribution in [3.8, 4) is 0 Å². The van der Waals surface area contributed by atoms with Gasteiger partial charge in [-0.1, -0.05) is 39.7 Å². The molecule has 1 nitrogen and oxygen atoms in total. The number of unbranched alkanes of at least 4 members (excludes halogenated alkanes) is 1. The van der Waals surface area contributed by atoms with Crippen molar-refractivity contribution in [1.82, 2.24) is 0 Å². The molecule has 76 valence electrons. The van der Waals surface area contributed by atoms with Crippen molar-refractivity contribution in [2.45, 2.75) is 19.3 Å². The Labute approximate surface area is 97.6 Å². The van der Waals surface area contributed by atoms with Gasteiger partial charge in [-0.3, -0.25) is 4.79 Å². The molecule has 0 saturated heterocycles. The molecule has 0 atom stereocenters. The van der Waals surface area contributed by atoms with E-state index >= 15 is 0 Å². The van der Waals surface area contributed by atoms with Crippen LogP contribution in [0.1, 0.15) is 29.6 Å². The molecule has 14 heavy (non-hydrogen) atoms. The summed E-state index contributed by atoms with van der Waals surface area (Å²) in [5.41, 5.74) is 0.715. The Hall–Kier alpha value is -0.340. The monoisotopic (exact) mass is 274 g/mol. The Kier molecular flexibility index (Phi) is 5.20. The topological polar surface area (TPSA) is 17.1 Å². The van der Waals surface area contributed by atoms with Crippen LogP contribution in [0.2, 0.25) is 5.02 Å². The van der Waals surface area contributed by atoms with Gasteiger partial charge in [0.25, 0.3) is 0 Å². The van der Waals surface area contributed by atoms with Gasteiger partial charge in [-0.05, 0) is 25.0 Å². The first-order chi connectivity index (χ1) is 6.74. The van der Waals surface area contributed by atoms with E-state index in [1.54, 1.807) is 18.2 Å². The molecular weight excluding hydrogens is 263 g/mol. The van der Waals surface area contributed by atoms with E-state index in [1.165, 1.54) is 0 Å². The molecule has 0 aliphatic carbocycles. The fourth-order valence-electron chi connectivity index (χ4n) is 1.19. The molecule has 0 bridgehead atoms. The maximum Gasteiger partial charge on any atom is 0.162 e. The number of carbonyl (C=O) groups excluding carboxylic acids is 1. The van der Waals surface area contributed by atoms with Crippen LogP contribution in [0.15, 0.2) is 24.3 Å². The van der Waals surface area contributed by atoms with Crippen LogP contribution in [0.4, 0.5) is 0 Å². The third-order valence-electron chi connectivity index (χ3n) is 1.93. The molecule has 1 aromatic rings. The fraction of sp³-hybridized carbons (Fsp3) is 0.364. The van der Waals surface area contributed by atoms with Crippen molar-refractivity contribution in [1.29, 1.82) is 0 Å². The molecule has 0 heterocycles. The van der Waals surface area contributed by atoms with Gasteiger partial charge in [0.1, 0.15) is 0 Å². The molecule has 1 rings (SSSR count). The Balaban J connectivity index is 2.52. The third-order valence-corrected chi connectivity index (χ3v) is 2.73. The maximum absolute atomic E-state index is 11.6. The van der Waals surface area contributed by atoms with Crippen molar-refractivity contribution in [2.75, 3.05) is 5.33 Å². The summed E-state index contributed by atoms with van der Waals surface area (Å²) in [4.78, 5) is 11.6. The molecule has 0 unspecified atom stereocenters. The van der Waals surface area contributed by atoms with E-state index in [-0.39, 0.29) is 5.78 Å². The molecule has 0 aliphatic rings. The van der Waals surface area contributed by atoms with Crippen LogP contribution >= 0.6 is 27.5 Å². The van der Waals surface area contributed by atoms with Crippen LogP contribution in [-0.4, -0.2) is 11.1 Å². The molecule has 0 aromatic heterocycles. The zero-order chi connectivity index (χ0) is 10.4. The van der Waals surface area contributed by atoms with E-state index in [9.17, 15) is 4.79 Å². The fourth-order valence-corrected chi connectivity index (χ4v) is 1.77. The Morgan fingerprint density at radius 1 is 1.36 bits per heavy atom. The van der Waals surface area contributed by atoms with Crippen LogP contribution in [0.25, 0.3) is 0 Å². The first-order valence-corrected chi connectivity index (χ1v) is 6.08. The van der Waals surface area contributed by atoms with Gasteiger partial charge in [-0.15, -0.1) is 0 Å². The highest BCUT2D eigenvalue weighted by atomic mass is 79.9. The van der Waals surface area contributed by atoms with Gasteiger partial charge in [-0.25, -0.2) is 0 Å². The number of benzene rings is 1. The van der Waals surface area contributed by atoms with E-state index in [0.29, 0.717) is 17.0 Å². The van der Waals surface area contributed by atoms with Gasteiger partial charge in [-0.2, -0.15) is 0 Å². The maximum atomic E-state index is 11.6. The number of alkyl halides is 1. The quantitative estimate of drug-likeness (QED) is 0.449. The van der Waals surface area contributed by atoms with Gasteiger partial charge in [0, 0.05) is 22.3 Å². The number of hydrogen-bond acceptors (Lipinski definition) is 1. The lowest BCUT2D eigenvalue weighted by molar-refractivity contribution is 0.0980. The average Bonchev–Trinajstić information content (AvgIpc) is 2.18. The van der Waals surface area contributed by atoms with Crippen LogP contribution in [0.5, 0.6) is 0 Å². The third kappa shape index (κ3) is 3.81. The Morgan fingerprint density at radius 2 is 2.14 bits per heavy atom. The number of rotatable bonds is 5. The second-order valence-electron chi connectivity index (χ2n) is 3.08. The van der Waals surface area contributed by atoms with Gasteiger partial charge in [0.05, 0.1) is 0 Å². The van der Waals surface area contributed by atoms with Gasteiger partial charge >= 0.3 is 0 Å². The molecule has 3 heteroatoms. The zero-order valence-electron chi connectivity index (χ0n) is 7.80. The standard InChI is InChI=1S/C11H12BrClO/c12-7-2-1-6-11(14)9-4-3-5-10(13)8-9/h3-5,8H,1-2,6-7H2. The van der Waals surface area contributed by atoms with Crippen LogP contribution in [0.3, 0.4) is 0 Å². The second kappa shape index (κ2) is 6.20. The summed E-state index contributed by atoms with van der Waals surface area (Å²) in [6.07, 6.45) is 2.56. The lowest BCUT2D eigenvalue weighted by Gasteiger charge is -2.00. The molecule has 0 radical (unpaired) electrons. The van der Waals surface area contributed by atoms with Crippen LogP contribution in [0, 0.1) is 0 Å². The normalized spacial score (nSPS) is 10.1. The number of hydrogen-bond donors (Lipinski definition) is 0. The highest BCUT2D eigenvalue weighted by molar-refractivity contribution is 9.09. The summed E-state index contributed by atoms with van der Waals surface area (Å²) in [6.45, 7) is 0. The van der Waals surface area contributed by atoms with E-state index in [0.717, 1.165) is 18.2 Å². The van der Waals surface area contributed by atoms with Crippen LogP contribution in [-0.2, 0) is 0 Å². The molecule has 0 fully saturated rings. The minimum Gasteiger partial charge on any atom is -0.294 e. The smallest absolute Gasteiger partial charge is 0.162 e. The van der Waals surface area contributed by atoms with Crippen molar-refractivity contribution < 1.29 is 4.79 Å². The highest BCUT2D eigenvalue weighted by Gasteiger charge is 2.04. The molecule has 0 saturated carbocycles. The molecule has 0 aliphatic heterocycles. The summed E-state index contributed by atoms with van der Waals surface area (Å²) < 4.78 is 0. The molecule has 1 aromatic carbocycles. The van der Waals surface area contributed by atoms with E-state index in [1.807, 2.05) is 6.07 Å². The van der Waals surface area contributed by atoms with Crippen molar-refractivity contribution in [2.24, 2.45) is 0 Å². The number of carbonyl (C=O) groups is 1. The number of ketones is 1. The van der Waals surface area contributed by atoms with Crippen molar-refractivity contribution in [3.05, 3.63) is 34.9 Å². The Bertz CT molecular complexity index is 312. The van der Waals surface area contributed by atoms with E-state index < -0.39 is 0 Å². The zero-order valence-corrected chi connectivity index (χ0v) is 10.1. The number of Topliss-reactive ketones (excluding diaryl/α,β-unsaturated/α-hetero) is 1. The highest BCUT2D eigenvalue weighted by Crippen LogP contribution is 2.13. The predicted octanol–water partition coefficient (Wildman–Crippen LogP) is 4.09. The summed E-state index contributed by atoms with van der Waals surface area (Å²) in [5.74, 6) is 0.174. The minimum absolute atomic E-state index is 0.174. The van der Waals surface area contributed by atoms with Gasteiger partial charge in [0.15, 0.2) is 5.78 Å². The lowest BCUT2D eigenvalue weighted by atomic mass is 10.1. The molecular formula is C11H12BrClO. The lowest BCUT2D eigenvalue weighted by Crippen LogP contribution is -1.98.